The van der Waals surface area contributed by atoms with Crippen molar-refractivity contribution < 1.29 is 37.6 Å². The molecule has 0 aromatic heterocycles. The molecule has 0 heterocycles. The lowest BCUT2D eigenvalue weighted by molar-refractivity contribution is -0.161. The molecule has 0 saturated heterocycles. The van der Waals surface area contributed by atoms with Crippen molar-refractivity contribution in [3.63, 3.8) is 0 Å². The molecule has 0 amide bonds. The highest BCUT2D eigenvalue weighted by atomic mass is 31.2. The second kappa shape index (κ2) is 69.5. The molecule has 10 heteroatoms. The van der Waals surface area contributed by atoms with E-state index in [0.29, 0.717) is 6.42 Å². The van der Waals surface area contributed by atoms with Crippen molar-refractivity contribution in [2.45, 2.75) is 315 Å². The van der Waals surface area contributed by atoms with Gasteiger partial charge in [-0.25, -0.2) is 4.57 Å². The Labute approximate surface area is 523 Å². The summed E-state index contributed by atoms with van der Waals surface area (Å²) < 4.78 is 33.2. The summed E-state index contributed by atoms with van der Waals surface area (Å²) in [4.78, 5) is 35.4. The maximum atomic E-state index is 12.8. The smallest absolute Gasteiger partial charge is 0.462 e. The van der Waals surface area contributed by atoms with Crippen molar-refractivity contribution in [1.82, 2.24) is 0 Å². The summed E-state index contributed by atoms with van der Waals surface area (Å²) in [5.41, 5.74) is 5.40. The van der Waals surface area contributed by atoms with Gasteiger partial charge in [-0.15, -0.1) is 0 Å². The Morgan fingerprint density at radius 1 is 0.365 bits per heavy atom. The van der Waals surface area contributed by atoms with Gasteiger partial charge in [-0.1, -0.05) is 309 Å². The molecule has 85 heavy (non-hydrogen) atoms. The average molecular weight is 1200 g/mol. The number of phosphoric ester groups is 1. The molecule has 0 aliphatic heterocycles. The summed E-state index contributed by atoms with van der Waals surface area (Å²) in [5, 5.41) is 0. The van der Waals surface area contributed by atoms with E-state index in [4.69, 9.17) is 24.3 Å². The molecule has 2 unspecified atom stereocenters. The van der Waals surface area contributed by atoms with Crippen molar-refractivity contribution in [1.29, 1.82) is 0 Å². The van der Waals surface area contributed by atoms with E-state index in [2.05, 4.69) is 135 Å². The van der Waals surface area contributed by atoms with Gasteiger partial charge < -0.3 is 20.1 Å². The number of carbonyl (C=O) groups excluding carboxylic acids is 2. The van der Waals surface area contributed by atoms with Crippen LogP contribution in [0.4, 0.5) is 0 Å². The number of phosphoric acid groups is 1. The molecule has 9 nitrogen and oxygen atoms in total. The van der Waals surface area contributed by atoms with E-state index < -0.39 is 26.5 Å². The fourth-order valence-electron chi connectivity index (χ4n) is 9.68. The molecular formula is C75H130NO8P. The van der Waals surface area contributed by atoms with Gasteiger partial charge in [-0.2, -0.15) is 0 Å². The van der Waals surface area contributed by atoms with Crippen molar-refractivity contribution in [2.24, 2.45) is 5.73 Å². The Morgan fingerprint density at radius 2 is 0.647 bits per heavy atom. The van der Waals surface area contributed by atoms with Gasteiger partial charge in [-0.3, -0.25) is 18.6 Å². The molecule has 488 valence electrons. The minimum atomic E-state index is -4.40. The van der Waals surface area contributed by atoms with Crippen molar-refractivity contribution in [2.75, 3.05) is 26.4 Å². The number of nitrogens with two attached hydrogens (primary N) is 1. The predicted octanol–water partition coefficient (Wildman–Crippen LogP) is 23.1. The molecule has 0 saturated carbocycles. The van der Waals surface area contributed by atoms with Gasteiger partial charge in [0.15, 0.2) is 6.10 Å². The van der Waals surface area contributed by atoms with Crippen molar-refractivity contribution in [3.8, 4) is 0 Å². The van der Waals surface area contributed by atoms with Gasteiger partial charge in [0, 0.05) is 19.4 Å². The molecule has 3 N–H and O–H groups in total. The van der Waals surface area contributed by atoms with Crippen LogP contribution in [0.1, 0.15) is 309 Å². The topological polar surface area (TPSA) is 134 Å². The fraction of sp³-hybridized carbons (Fsp3) is 0.707. The minimum Gasteiger partial charge on any atom is -0.462 e. The number of allylic oxidation sites excluding steroid dienone is 20. The number of carbonyl (C=O) groups is 2. The van der Waals surface area contributed by atoms with Crippen LogP contribution >= 0.6 is 7.82 Å². The zero-order chi connectivity index (χ0) is 61.6. The standard InChI is InChI=1S/C75H130NO8P/c1-3-5-7-9-11-13-15-17-19-21-23-25-27-29-31-33-34-35-36-37-38-40-42-44-46-48-50-52-54-56-58-60-62-64-66-68-75(78)84-73(72-83-85(79,80)82-70-69-76)71-81-74(77)67-65-63-61-59-57-55-53-51-49-47-45-43-41-39-32-30-28-26-24-22-20-18-16-14-12-10-8-6-4-2/h5,7,11,13,17,19,22-25,29,31,34-35,37-38,42,44,48,50,73H,3-4,6,8-10,12,14-16,18,20-21,26-28,30,32-33,36,39-41,43,45-47,49,51-72,76H2,1-2H3,(H,79,80)/b7-5-,13-11-,19-17-,24-22-,25-23-,31-29-,35-34-,38-37-,44-42-,50-48-. The molecular weight excluding hydrogens is 1070 g/mol. The van der Waals surface area contributed by atoms with E-state index in [1.54, 1.807) is 0 Å². The van der Waals surface area contributed by atoms with Crippen LogP contribution in [0.2, 0.25) is 0 Å². The average Bonchev–Trinajstić information content (AvgIpc) is 3.52. The van der Waals surface area contributed by atoms with Gasteiger partial charge >= 0.3 is 19.8 Å². The summed E-state index contributed by atoms with van der Waals surface area (Å²) in [6, 6.07) is 0. The molecule has 0 aromatic rings. The first-order valence-electron chi connectivity index (χ1n) is 35.0. The lowest BCUT2D eigenvalue weighted by Gasteiger charge is -2.19. The van der Waals surface area contributed by atoms with Crippen LogP contribution in [0, 0.1) is 0 Å². The van der Waals surface area contributed by atoms with Crippen LogP contribution in [-0.2, 0) is 32.7 Å². The maximum Gasteiger partial charge on any atom is 0.472 e. The molecule has 0 fully saturated rings. The summed E-state index contributed by atoms with van der Waals surface area (Å²) in [5.74, 6) is -0.837. The second-order valence-electron chi connectivity index (χ2n) is 23.0. The Morgan fingerprint density at radius 3 is 0.976 bits per heavy atom. The third-order valence-corrected chi connectivity index (χ3v) is 15.8. The SMILES string of the molecule is CC/C=C\C/C=C\C/C=C\C/C=C\C/C=C\C/C=C\C/C=C\C/C=C\C/C=C\CCCCCCCCCC(=O)OC(COC(=O)CCCCCCCCCCCCCCCCCCC/C=C\CCCCCCCCCC)COP(=O)(O)OCCN. The lowest BCUT2D eigenvalue weighted by Crippen LogP contribution is -2.29. The number of hydrogen-bond acceptors (Lipinski definition) is 8. The van der Waals surface area contributed by atoms with Crippen LogP contribution in [0.15, 0.2) is 122 Å². The van der Waals surface area contributed by atoms with Crippen LogP contribution in [0.25, 0.3) is 0 Å². The number of ether oxygens (including phenoxy) is 2. The van der Waals surface area contributed by atoms with E-state index >= 15 is 0 Å². The monoisotopic (exact) mass is 1200 g/mol. The number of unbranched alkanes of at least 4 members (excludes halogenated alkanes) is 32. The van der Waals surface area contributed by atoms with Gasteiger partial charge in [0.2, 0.25) is 0 Å². The van der Waals surface area contributed by atoms with E-state index in [1.165, 1.54) is 173 Å². The highest BCUT2D eigenvalue weighted by Crippen LogP contribution is 2.43. The largest absolute Gasteiger partial charge is 0.472 e. The summed E-state index contributed by atoms with van der Waals surface area (Å²) in [6.07, 6.45) is 97.1. The Hall–Kier alpha value is -3.59. The zero-order valence-electron chi connectivity index (χ0n) is 54.8. The number of hydrogen-bond donors (Lipinski definition) is 2. The van der Waals surface area contributed by atoms with E-state index in [-0.39, 0.29) is 38.6 Å². The molecule has 2 atom stereocenters. The summed E-state index contributed by atoms with van der Waals surface area (Å²) >= 11 is 0. The molecule has 0 spiro atoms. The normalized spacial score (nSPS) is 13.7. The third kappa shape index (κ3) is 69.4. The highest BCUT2D eigenvalue weighted by Gasteiger charge is 2.26. The third-order valence-electron chi connectivity index (χ3n) is 14.8. The highest BCUT2D eigenvalue weighted by molar-refractivity contribution is 7.47. The predicted molar refractivity (Wildman–Crippen MR) is 367 cm³/mol. The first-order valence-corrected chi connectivity index (χ1v) is 36.5. The molecule has 0 aliphatic rings. The molecule has 0 aromatic carbocycles. The lowest BCUT2D eigenvalue weighted by atomic mass is 10.0. The van der Waals surface area contributed by atoms with E-state index in [0.717, 1.165) is 103 Å². The van der Waals surface area contributed by atoms with Gasteiger partial charge in [-0.05, 0) is 109 Å². The van der Waals surface area contributed by atoms with Crippen molar-refractivity contribution in [3.05, 3.63) is 122 Å². The van der Waals surface area contributed by atoms with Crippen LogP contribution in [0.3, 0.4) is 0 Å². The molecule has 0 rings (SSSR count). The first kappa shape index (κ1) is 81.4. The Bertz CT molecular complexity index is 1810. The van der Waals surface area contributed by atoms with E-state index in [1.807, 2.05) is 0 Å². The molecule has 0 aliphatic carbocycles. The zero-order valence-corrected chi connectivity index (χ0v) is 55.7. The Balaban J connectivity index is 3.95. The van der Waals surface area contributed by atoms with Gasteiger partial charge in [0.05, 0.1) is 13.2 Å². The summed E-state index contributed by atoms with van der Waals surface area (Å²) in [6.45, 7) is 3.64. The van der Waals surface area contributed by atoms with Crippen LogP contribution in [0.5, 0.6) is 0 Å². The number of rotatable bonds is 65. The van der Waals surface area contributed by atoms with Crippen molar-refractivity contribution >= 4 is 19.8 Å². The second-order valence-corrected chi connectivity index (χ2v) is 24.5. The summed E-state index contributed by atoms with van der Waals surface area (Å²) in [7, 11) is -4.40. The minimum absolute atomic E-state index is 0.0468. The molecule has 0 radical (unpaired) electrons. The first-order chi connectivity index (χ1) is 41.8. The van der Waals surface area contributed by atoms with Gasteiger partial charge in [0.1, 0.15) is 6.61 Å². The fourth-order valence-corrected chi connectivity index (χ4v) is 10.5. The quantitative estimate of drug-likeness (QED) is 0.0264. The number of esters is 2. The molecule has 0 bridgehead atoms. The van der Waals surface area contributed by atoms with E-state index in [9.17, 15) is 19.0 Å². The van der Waals surface area contributed by atoms with Gasteiger partial charge in [0.25, 0.3) is 0 Å². The maximum absolute atomic E-state index is 12.8. The van der Waals surface area contributed by atoms with Crippen LogP contribution in [-0.4, -0.2) is 49.3 Å². The van der Waals surface area contributed by atoms with Crippen LogP contribution < -0.4 is 5.73 Å². The Kier molecular flexibility index (Phi) is 66.6.